The first-order valence-electron chi connectivity index (χ1n) is 6.57. The van der Waals surface area contributed by atoms with Crippen LogP contribution in [0.2, 0.25) is 0 Å². The molecule has 0 aliphatic carbocycles. The van der Waals surface area contributed by atoms with Gasteiger partial charge in [0.2, 0.25) is 0 Å². The van der Waals surface area contributed by atoms with Crippen molar-refractivity contribution in [2.45, 2.75) is 33.3 Å². The zero-order chi connectivity index (χ0) is 13.4. The molecule has 3 nitrogen and oxygen atoms in total. The number of benzene rings is 1. The Hall–Kier alpha value is -1.06. The summed E-state index contributed by atoms with van der Waals surface area (Å²) in [6, 6.07) is 8.10. The van der Waals surface area contributed by atoms with Crippen LogP contribution in [0.5, 0.6) is 5.75 Å². The Morgan fingerprint density at radius 3 is 2.44 bits per heavy atom. The number of rotatable bonds is 8. The summed E-state index contributed by atoms with van der Waals surface area (Å²) in [5.74, 6) is 0.890. The van der Waals surface area contributed by atoms with Crippen LogP contribution in [0.1, 0.15) is 26.3 Å². The number of ether oxygens (including phenoxy) is 2. The van der Waals surface area contributed by atoms with Crippen molar-refractivity contribution in [1.29, 1.82) is 0 Å². The average molecular weight is 251 g/mol. The first-order chi connectivity index (χ1) is 8.53. The molecule has 0 aromatic heterocycles. The lowest BCUT2D eigenvalue weighted by Gasteiger charge is -2.26. The fourth-order valence-electron chi connectivity index (χ4n) is 1.59. The summed E-state index contributed by atoms with van der Waals surface area (Å²) in [6.45, 7) is 11.4. The third kappa shape index (κ3) is 6.03. The van der Waals surface area contributed by atoms with E-state index in [1.807, 2.05) is 26.0 Å². The molecule has 18 heavy (non-hydrogen) atoms. The van der Waals surface area contributed by atoms with Gasteiger partial charge in [0.1, 0.15) is 11.4 Å². The zero-order valence-electron chi connectivity index (χ0n) is 12.0. The summed E-state index contributed by atoms with van der Waals surface area (Å²) in [7, 11) is 0. The minimum Gasteiger partial charge on any atom is -0.485 e. The average Bonchev–Trinajstić information content (AvgIpc) is 2.31. The zero-order valence-corrected chi connectivity index (χ0v) is 12.0. The van der Waals surface area contributed by atoms with Gasteiger partial charge in [-0.2, -0.15) is 0 Å². The molecule has 0 spiro atoms. The maximum absolute atomic E-state index is 5.92. The highest BCUT2D eigenvalue weighted by molar-refractivity contribution is 5.26. The highest BCUT2D eigenvalue weighted by Gasteiger charge is 2.19. The van der Waals surface area contributed by atoms with Crippen LogP contribution in [0.3, 0.4) is 0 Å². The third-order valence-corrected chi connectivity index (χ3v) is 2.54. The van der Waals surface area contributed by atoms with Gasteiger partial charge in [-0.25, -0.2) is 0 Å². The van der Waals surface area contributed by atoms with E-state index in [4.69, 9.17) is 9.47 Å². The van der Waals surface area contributed by atoms with Crippen molar-refractivity contribution in [2.75, 3.05) is 26.3 Å². The molecule has 0 radical (unpaired) electrons. The molecular weight excluding hydrogens is 226 g/mol. The van der Waals surface area contributed by atoms with Crippen LogP contribution in [-0.4, -0.2) is 31.9 Å². The Kier molecular flexibility index (Phi) is 6.16. The van der Waals surface area contributed by atoms with E-state index in [9.17, 15) is 0 Å². The van der Waals surface area contributed by atoms with Crippen LogP contribution in [0, 0.1) is 6.92 Å². The lowest BCUT2D eigenvalue weighted by Crippen LogP contribution is -2.35. The second-order valence-corrected chi connectivity index (χ2v) is 5.08. The number of hydrogen-bond donors (Lipinski definition) is 1. The highest BCUT2D eigenvalue weighted by Crippen LogP contribution is 2.19. The molecule has 1 aromatic rings. The Labute approximate surface area is 110 Å². The monoisotopic (exact) mass is 251 g/mol. The van der Waals surface area contributed by atoms with Crippen LogP contribution in [0.15, 0.2) is 24.3 Å². The SMILES string of the molecule is CCNCCOCC(C)(C)Oc1ccc(C)cc1. The smallest absolute Gasteiger partial charge is 0.127 e. The minimum absolute atomic E-state index is 0.304. The van der Waals surface area contributed by atoms with Gasteiger partial charge >= 0.3 is 0 Å². The predicted molar refractivity (Wildman–Crippen MR) is 75.2 cm³/mol. The second kappa shape index (κ2) is 7.39. The van der Waals surface area contributed by atoms with Gasteiger partial charge in [0.15, 0.2) is 0 Å². The molecule has 0 heterocycles. The van der Waals surface area contributed by atoms with Crippen molar-refractivity contribution in [3.05, 3.63) is 29.8 Å². The maximum Gasteiger partial charge on any atom is 0.127 e. The summed E-state index contributed by atoms with van der Waals surface area (Å²) in [4.78, 5) is 0. The van der Waals surface area contributed by atoms with Crippen molar-refractivity contribution >= 4 is 0 Å². The number of aryl methyl sites for hydroxylation is 1. The molecule has 1 rings (SSSR count). The molecule has 102 valence electrons. The second-order valence-electron chi connectivity index (χ2n) is 5.08. The molecule has 1 N–H and O–H groups in total. The lowest BCUT2D eigenvalue weighted by molar-refractivity contribution is -0.00204. The van der Waals surface area contributed by atoms with Crippen molar-refractivity contribution in [3.63, 3.8) is 0 Å². The van der Waals surface area contributed by atoms with E-state index in [1.165, 1.54) is 5.56 Å². The van der Waals surface area contributed by atoms with Crippen LogP contribution >= 0.6 is 0 Å². The number of likely N-dealkylation sites (N-methyl/N-ethyl adjacent to an activating group) is 1. The molecule has 0 aliphatic rings. The molecule has 0 bridgehead atoms. The maximum atomic E-state index is 5.92. The van der Waals surface area contributed by atoms with E-state index >= 15 is 0 Å². The van der Waals surface area contributed by atoms with E-state index in [0.29, 0.717) is 13.2 Å². The molecular formula is C15H25NO2. The first-order valence-corrected chi connectivity index (χ1v) is 6.57. The lowest BCUT2D eigenvalue weighted by atomic mass is 10.1. The summed E-state index contributed by atoms with van der Waals surface area (Å²) in [6.07, 6.45) is 0. The van der Waals surface area contributed by atoms with Gasteiger partial charge < -0.3 is 14.8 Å². The van der Waals surface area contributed by atoms with Crippen LogP contribution < -0.4 is 10.1 Å². The topological polar surface area (TPSA) is 30.5 Å². The number of nitrogens with one attached hydrogen (secondary N) is 1. The predicted octanol–water partition coefficient (Wildman–Crippen LogP) is 2.78. The normalized spacial score (nSPS) is 11.6. The van der Waals surface area contributed by atoms with Gasteiger partial charge in [-0.05, 0) is 39.4 Å². The molecule has 0 saturated carbocycles. The van der Waals surface area contributed by atoms with Gasteiger partial charge in [-0.1, -0.05) is 24.6 Å². The Bertz CT molecular complexity index is 333. The van der Waals surface area contributed by atoms with Crippen LogP contribution in [-0.2, 0) is 4.74 Å². The van der Waals surface area contributed by atoms with Crippen LogP contribution in [0.4, 0.5) is 0 Å². The van der Waals surface area contributed by atoms with E-state index < -0.39 is 0 Å². The van der Waals surface area contributed by atoms with Gasteiger partial charge in [-0.15, -0.1) is 0 Å². The van der Waals surface area contributed by atoms with Crippen molar-refractivity contribution in [2.24, 2.45) is 0 Å². The molecule has 3 heteroatoms. The molecule has 0 aliphatic heterocycles. The van der Waals surface area contributed by atoms with Gasteiger partial charge in [0.05, 0.1) is 13.2 Å². The Balaban J connectivity index is 2.32. The molecule has 1 aromatic carbocycles. The quantitative estimate of drug-likeness (QED) is 0.721. The van der Waals surface area contributed by atoms with E-state index in [-0.39, 0.29) is 5.60 Å². The largest absolute Gasteiger partial charge is 0.485 e. The fourth-order valence-corrected chi connectivity index (χ4v) is 1.59. The molecule has 0 saturated heterocycles. The summed E-state index contributed by atoms with van der Waals surface area (Å²) >= 11 is 0. The highest BCUT2D eigenvalue weighted by atomic mass is 16.5. The van der Waals surface area contributed by atoms with E-state index in [1.54, 1.807) is 0 Å². The third-order valence-electron chi connectivity index (χ3n) is 2.54. The number of hydrogen-bond acceptors (Lipinski definition) is 3. The first kappa shape index (κ1) is 15.0. The summed E-state index contributed by atoms with van der Waals surface area (Å²) in [5, 5.41) is 3.22. The molecule has 0 atom stereocenters. The summed E-state index contributed by atoms with van der Waals surface area (Å²) < 4.78 is 11.5. The van der Waals surface area contributed by atoms with E-state index in [2.05, 4.69) is 31.3 Å². The van der Waals surface area contributed by atoms with E-state index in [0.717, 1.165) is 18.8 Å². The van der Waals surface area contributed by atoms with Gasteiger partial charge in [0, 0.05) is 6.54 Å². The van der Waals surface area contributed by atoms with Crippen LogP contribution in [0.25, 0.3) is 0 Å². The van der Waals surface area contributed by atoms with Gasteiger partial charge in [-0.3, -0.25) is 0 Å². The van der Waals surface area contributed by atoms with Crippen molar-refractivity contribution in [1.82, 2.24) is 5.32 Å². The Morgan fingerprint density at radius 1 is 1.17 bits per heavy atom. The molecule has 0 amide bonds. The summed E-state index contributed by atoms with van der Waals surface area (Å²) in [5.41, 5.74) is 0.934. The molecule has 0 unspecified atom stereocenters. The van der Waals surface area contributed by atoms with Crippen molar-refractivity contribution < 1.29 is 9.47 Å². The standard InChI is InChI=1S/C15H25NO2/c1-5-16-10-11-17-12-15(3,4)18-14-8-6-13(2)7-9-14/h6-9,16H,5,10-12H2,1-4H3. The Morgan fingerprint density at radius 2 is 1.83 bits per heavy atom. The fraction of sp³-hybridized carbons (Fsp3) is 0.600. The minimum atomic E-state index is -0.304. The van der Waals surface area contributed by atoms with Crippen molar-refractivity contribution in [3.8, 4) is 5.75 Å². The van der Waals surface area contributed by atoms with Gasteiger partial charge in [0.25, 0.3) is 0 Å². The molecule has 0 fully saturated rings.